The van der Waals surface area contributed by atoms with Crippen molar-refractivity contribution in [3.8, 4) is 0 Å². The summed E-state index contributed by atoms with van der Waals surface area (Å²) in [4.78, 5) is 34.1. The van der Waals surface area contributed by atoms with Crippen molar-refractivity contribution < 1.29 is 19.1 Å². The SMILES string of the molecule is C=CCC[C@H](NC(=O)OC)C(=O)N[C@@H](C)CCCNC(=C)N.CC(=O)c1ccccc1.CCCC. The molecule has 0 saturated carbocycles. The zero-order chi connectivity index (χ0) is 27.1. The molecule has 2 amide bonds. The number of rotatable bonds is 13. The van der Waals surface area contributed by atoms with Gasteiger partial charge in [0.1, 0.15) is 6.04 Å². The third-order valence-corrected chi connectivity index (χ3v) is 4.69. The summed E-state index contributed by atoms with van der Waals surface area (Å²) >= 11 is 0. The molecule has 0 unspecified atom stereocenters. The summed E-state index contributed by atoms with van der Waals surface area (Å²) < 4.78 is 4.53. The zero-order valence-electron chi connectivity index (χ0n) is 22.2. The molecule has 0 aromatic heterocycles. The van der Waals surface area contributed by atoms with Crippen LogP contribution >= 0.6 is 0 Å². The van der Waals surface area contributed by atoms with Gasteiger partial charge in [-0.05, 0) is 39.5 Å². The molecule has 0 spiro atoms. The molecule has 1 aromatic rings. The fraction of sp³-hybridized carbons (Fsp3) is 0.519. The van der Waals surface area contributed by atoms with Gasteiger partial charge in [-0.1, -0.05) is 69.7 Å². The number of nitrogens with one attached hydrogen (secondary N) is 3. The number of allylic oxidation sites excluding steroid dienone is 1. The van der Waals surface area contributed by atoms with Crippen LogP contribution in [0.4, 0.5) is 4.79 Å². The number of Topliss-reactive ketones (excluding diaryl/α,β-unsaturated/α-hetero) is 1. The summed E-state index contributed by atoms with van der Waals surface area (Å²) in [5, 5.41) is 8.33. The Balaban J connectivity index is 0. The Morgan fingerprint density at radius 3 is 2.11 bits per heavy atom. The van der Waals surface area contributed by atoms with Crippen molar-refractivity contribution in [1.82, 2.24) is 16.0 Å². The van der Waals surface area contributed by atoms with Crippen LogP contribution in [0.25, 0.3) is 0 Å². The quantitative estimate of drug-likeness (QED) is 0.181. The third kappa shape index (κ3) is 21.0. The summed E-state index contributed by atoms with van der Waals surface area (Å²) in [5.74, 6) is 0.329. The Bertz CT molecular complexity index is 736. The number of ether oxygens (including phenoxy) is 1. The lowest BCUT2D eigenvalue weighted by Gasteiger charge is -2.20. The van der Waals surface area contributed by atoms with E-state index in [1.165, 1.54) is 20.0 Å². The second kappa shape index (κ2) is 22.5. The van der Waals surface area contributed by atoms with Crippen LogP contribution in [-0.4, -0.2) is 43.5 Å². The van der Waals surface area contributed by atoms with Crippen LogP contribution in [0.2, 0.25) is 0 Å². The van der Waals surface area contributed by atoms with Gasteiger partial charge >= 0.3 is 6.09 Å². The number of carbonyl (C=O) groups is 3. The monoisotopic (exact) mass is 490 g/mol. The number of methoxy groups -OCH3 is 1. The molecule has 0 aliphatic carbocycles. The van der Waals surface area contributed by atoms with Gasteiger partial charge in [0.05, 0.1) is 12.9 Å². The first kappa shape index (κ1) is 33.9. The molecule has 0 aliphatic heterocycles. The standard InChI is InChI=1S/C15H28N4O3.C8H8O.C4H10/c1-5-6-9-13(19-15(21)22-4)14(20)18-11(2)8-7-10-17-12(3)16;1-7(9)8-5-3-2-4-6-8;1-3-4-2/h5,11,13,17H,1,3,6-10,16H2,2,4H3,(H,18,20)(H,19,21);2-6H,1H3;3-4H2,1-2H3/t11-,13-;;/m0../s1. The van der Waals surface area contributed by atoms with Crippen molar-refractivity contribution in [3.63, 3.8) is 0 Å². The Kier molecular flexibility index (Phi) is 21.8. The van der Waals surface area contributed by atoms with Crippen LogP contribution in [0, 0.1) is 0 Å². The second-order valence-electron chi connectivity index (χ2n) is 7.98. The largest absolute Gasteiger partial charge is 0.453 e. The summed E-state index contributed by atoms with van der Waals surface area (Å²) in [6, 6.07) is 8.59. The van der Waals surface area contributed by atoms with Crippen LogP contribution in [0.5, 0.6) is 0 Å². The van der Waals surface area contributed by atoms with Crippen molar-refractivity contribution in [2.45, 2.75) is 78.3 Å². The number of carbonyl (C=O) groups excluding carboxylic acids is 3. The molecular formula is C27H46N4O4. The smallest absolute Gasteiger partial charge is 0.407 e. The van der Waals surface area contributed by atoms with E-state index >= 15 is 0 Å². The average Bonchev–Trinajstić information content (AvgIpc) is 2.85. The van der Waals surface area contributed by atoms with Crippen molar-refractivity contribution in [3.05, 3.63) is 61.0 Å². The van der Waals surface area contributed by atoms with E-state index in [4.69, 9.17) is 5.73 Å². The predicted molar refractivity (Wildman–Crippen MR) is 144 cm³/mol. The number of nitrogens with two attached hydrogens (primary N) is 1. The van der Waals surface area contributed by atoms with E-state index in [0.717, 1.165) is 18.4 Å². The van der Waals surface area contributed by atoms with Crippen LogP contribution in [0.3, 0.4) is 0 Å². The number of ketones is 1. The maximum Gasteiger partial charge on any atom is 0.407 e. The highest BCUT2D eigenvalue weighted by atomic mass is 16.5. The Labute approximate surface area is 211 Å². The van der Waals surface area contributed by atoms with Gasteiger partial charge < -0.3 is 26.4 Å². The molecule has 35 heavy (non-hydrogen) atoms. The minimum absolute atomic E-state index is 0.00832. The molecular weight excluding hydrogens is 444 g/mol. The highest BCUT2D eigenvalue weighted by Gasteiger charge is 2.21. The lowest BCUT2D eigenvalue weighted by molar-refractivity contribution is -0.123. The maximum absolute atomic E-state index is 12.2. The topological polar surface area (TPSA) is 123 Å². The minimum atomic E-state index is -0.630. The van der Waals surface area contributed by atoms with Gasteiger partial charge in [0.2, 0.25) is 5.91 Å². The van der Waals surface area contributed by atoms with Crippen LogP contribution < -0.4 is 21.7 Å². The van der Waals surface area contributed by atoms with E-state index in [-0.39, 0.29) is 17.7 Å². The lowest BCUT2D eigenvalue weighted by atomic mass is 10.1. The van der Waals surface area contributed by atoms with E-state index in [1.807, 2.05) is 37.3 Å². The maximum atomic E-state index is 12.2. The van der Waals surface area contributed by atoms with E-state index in [0.29, 0.717) is 25.2 Å². The molecule has 0 aliphatic rings. The highest BCUT2D eigenvalue weighted by Crippen LogP contribution is 2.02. The molecule has 0 saturated heterocycles. The highest BCUT2D eigenvalue weighted by molar-refractivity contribution is 5.93. The number of unbranched alkanes of at least 4 members (excludes halogenated alkanes) is 1. The zero-order valence-corrected chi connectivity index (χ0v) is 22.2. The minimum Gasteiger partial charge on any atom is -0.453 e. The van der Waals surface area contributed by atoms with Crippen molar-refractivity contribution in [1.29, 1.82) is 0 Å². The Morgan fingerprint density at radius 2 is 1.69 bits per heavy atom. The molecule has 8 heteroatoms. The summed E-state index contributed by atoms with van der Waals surface area (Å²) in [7, 11) is 1.26. The molecule has 0 bridgehead atoms. The molecule has 1 aromatic carbocycles. The molecule has 0 fully saturated rings. The molecule has 2 atom stereocenters. The summed E-state index contributed by atoms with van der Waals surface area (Å²) in [6.45, 7) is 15.7. The Morgan fingerprint density at radius 1 is 1.09 bits per heavy atom. The van der Waals surface area contributed by atoms with Gasteiger partial charge in [-0.3, -0.25) is 9.59 Å². The number of benzene rings is 1. The van der Waals surface area contributed by atoms with Gasteiger partial charge in [-0.25, -0.2) is 4.79 Å². The number of hydrogen-bond acceptors (Lipinski definition) is 6. The molecule has 5 N–H and O–H groups in total. The van der Waals surface area contributed by atoms with Gasteiger partial charge in [-0.2, -0.15) is 0 Å². The first-order valence-electron chi connectivity index (χ1n) is 12.1. The molecule has 0 radical (unpaired) electrons. The van der Waals surface area contributed by atoms with Gasteiger partial charge in [0.25, 0.3) is 0 Å². The molecule has 8 nitrogen and oxygen atoms in total. The number of alkyl carbamates (subject to hydrolysis) is 1. The van der Waals surface area contributed by atoms with E-state index in [1.54, 1.807) is 13.0 Å². The third-order valence-electron chi connectivity index (χ3n) is 4.69. The van der Waals surface area contributed by atoms with E-state index in [9.17, 15) is 14.4 Å². The summed E-state index contributed by atoms with van der Waals surface area (Å²) in [5.41, 5.74) is 6.18. The van der Waals surface area contributed by atoms with E-state index in [2.05, 4.69) is 47.7 Å². The fourth-order valence-electron chi connectivity index (χ4n) is 2.50. The van der Waals surface area contributed by atoms with Gasteiger partial charge in [-0.15, -0.1) is 6.58 Å². The van der Waals surface area contributed by atoms with Crippen molar-refractivity contribution in [2.24, 2.45) is 5.73 Å². The van der Waals surface area contributed by atoms with Crippen LogP contribution in [0.1, 0.15) is 76.6 Å². The molecule has 198 valence electrons. The molecule has 1 rings (SSSR count). The first-order chi connectivity index (χ1) is 16.6. The Hall–Kier alpha value is -3.29. The van der Waals surface area contributed by atoms with E-state index < -0.39 is 12.1 Å². The fourth-order valence-corrected chi connectivity index (χ4v) is 2.50. The van der Waals surface area contributed by atoms with Crippen LogP contribution in [0.15, 0.2) is 55.4 Å². The normalized spacial score (nSPS) is 11.1. The molecule has 0 heterocycles. The second-order valence-corrected chi connectivity index (χ2v) is 7.98. The van der Waals surface area contributed by atoms with Gasteiger partial charge in [0, 0.05) is 18.2 Å². The average molecular weight is 491 g/mol. The first-order valence-corrected chi connectivity index (χ1v) is 12.1. The lowest BCUT2D eigenvalue weighted by Crippen LogP contribution is -2.49. The number of amides is 2. The van der Waals surface area contributed by atoms with Crippen molar-refractivity contribution in [2.75, 3.05) is 13.7 Å². The number of hydrogen-bond donors (Lipinski definition) is 4. The van der Waals surface area contributed by atoms with Crippen molar-refractivity contribution >= 4 is 17.8 Å². The predicted octanol–water partition coefficient (Wildman–Crippen LogP) is 4.68. The summed E-state index contributed by atoms with van der Waals surface area (Å²) in [6.07, 6.45) is 6.46. The van der Waals surface area contributed by atoms with Gasteiger partial charge in [0.15, 0.2) is 5.78 Å². The van der Waals surface area contributed by atoms with Crippen LogP contribution in [-0.2, 0) is 9.53 Å².